The second kappa shape index (κ2) is 5.53. The highest BCUT2D eigenvalue weighted by atomic mass is 15.1. The summed E-state index contributed by atoms with van der Waals surface area (Å²) < 4.78 is 2.29. The fourth-order valence-electron chi connectivity index (χ4n) is 2.39. The first-order valence-corrected chi connectivity index (χ1v) is 6.87. The highest BCUT2D eigenvalue weighted by Crippen LogP contribution is 2.27. The highest BCUT2D eigenvalue weighted by Gasteiger charge is 2.09. The maximum absolute atomic E-state index is 4.53. The summed E-state index contributed by atoms with van der Waals surface area (Å²) >= 11 is 0. The number of rotatable bonds is 3. The molecule has 0 spiro atoms. The number of hydrogen-bond acceptors (Lipinski definition) is 1. The van der Waals surface area contributed by atoms with Crippen molar-refractivity contribution in [2.45, 2.75) is 27.7 Å². The molecule has 106 valence electrons. The molecule has 0 bridgehead atoms. The molecule has 0 aliphatic rings. The van der Waals surface area contributed by atoms with Gasteiger partial charge in [-0.05, 0) is 63.1 Å². The molecule has 1 aromatic heterocycles. The Labute approximate surface area is 121 Å². The van der Waals surface area contributed by atoms with E-state index in [1.54, 1.807) is 0 Å². The Bertz CT molecular complexity index is 629. The molecule has 2 aromatic rings. The highest BCUT2D eigenvalue weighted by molar-refractivity contribution is 5.65. The third-order valence-corrected chi connectivity index (χ3v) is 3.45. The second-order valence-electron chi connectivity index (χ2n) is 5.58. The minimum atomic E-state index is 1.03. The van der Waals surface area contributed by atoms with Crippen LogP contribution >= 0.6 is 0 Å². The quantitative estimate of drug-likeness (QED) is 0.610. The van der Waals surface area contributed by atoms with Gasteiger partial charge in [-0.25, -0.2) is 4.99 Å². The van der Waals surface area contributed by atoms with Crippen LogP contribution in [0.25, 0.3) is 5.69 Å². The summed E-state index contributed by atoms with van der Waals surface area (Å²) in [6.45, 7) is 8.53. The molecule has 0 radical (unpaired) electrons. The van der Waals surface area contributed by atoms with E-state index in [9.17, 15) is 0 Å². The Hall–Kier alpha value is -2.03. The molecule has 3 nitrogen and oxygen atoms in total. The summed E-state index contributed by atoms with van der Waals surface area (Å²) in [4.78, 5) is 6.47. The first-order chi connectivity index (χ1) is 9.40. The Morgan fingerprint density at radius 1 is 0.950 bits per heavy atom. The number of aryl methyl sites for hydroxylation is 4. The fourth-order valence-corrected chi connectivity index (χ4v) is 2.39. The van der Waals surface area contributed by atoms with Crippen LogP contribution in [0.15, 0.2) is 29.3 Å². The number of benzene rings is 1. The van der Waals surface area contributed by atoms with Gasteiger partial charge in [0.15, 0.2) is 0 Å². The summed E-state index contributed by atoms with van der Waals surface area (Å²) in [5.41, 5.74) is 7.22. The topological polar surface area (TPSA) is 20.5 Å². The SMILES string of the molecule is Cc1cc(-n2c(C)ccc2C)c(C)cc1N=CN(C)C. The number of aromatic nitrogens is 1. The van der Waals surface area contributed by atoms with Crippen molar-refractivity contribution >= 4 is 12.0 Å². The average molecular weight is 269 g/mol. The smallest absolute Gasteiger partial charge is 0.0907 e. The van der Waals surface area contributed by atoms with Gasteiger partial charge in [0.1, 0.15) is 0 Å². The van der Waals surface area contributed by atoms with Crippen LogP contribution in [0.2, 0.25) is 0 Å². The lowest BCUT2D eigenvalue weighted by Crippen LogP contribution is -2.07. The maximum Gasteiger partial charge on any atom is 0.0907 e. The predicted molar refractivity (Wildman–Crippen MR) is 86.6 cm³/mol. The van der Waals surface area contributed by atoms with Crippen LogP contribution in [0.4, 0.5) is 5.69 Å². The number of aliphatic imine (C=N–C) groups is 1. The van der Waals surface area contributed by atoms with Crippen molar-refractivity contribution in [1.29, 1.82) is 0 Å². The zero-order chi connectivity index (χ0) is 14.9. The molecule has 0 aliphatic carbocycles. The normalized spacial score (nSPS) is 11.3. The van der Waals surface area contributed by atoms with Crippen LogP contribution in [0, 0.1) is 27.7 Å². The molecule has 0 aliphatic heterocycles. The Kier molecular flexibility index (Phi) is 3.98. The van der Waals surface area contributed by atoms with Gasteiger partial charge in [0.05, 0.1) is 12.0 Å². The lowest BCUT2D eigenvalue weighted by atomic mass is 10.1. The van der Waals surface area contributed by atoms with Gasteiger partial charge in [-0.1, -0.05) is 0 Å². The van der Waals surface area contributed by atoms with Gasteiger partial charge >= 0.3 is 0 Å². The molecule has 1 aromatic carbocycles. The Morgan fingerprint density at radius 2 is 1.55 bits per heavy atom. The van der Waals surface area contributed by atoms with E-state index < -0.39 is 0 Å². The van der Waals surface area contributed by atoms with Gasteiger partial charge < -0.3 is 9.47 Å². The van der Waals surface area contributed by atoms with E-state index in [0.29, 0.717) is 0 Å². The molecule has 1 heterocycles. The molecule has 0 amide bonds. The molecule has 20 heavy (non-hydrogen) atoms. The summed E-state index contributed by atoms with van der Waals surface area (Å²) in [5, 5.41) is 0. The third-order valence-electron chi connectivity index (χ3n) is 3.45. The molecule has 0 atom stereocenters. The van der Waals surface area contributed by atoms with Crippen LogP contribution in [-0.2, 0) is 0 Å². The van der Waals surface area contributed by atoms with Crippen molar-refractivity contribution in [3.05, 3.63) is 46.8 Å². The van der Waals surface area contributed by atoms with Gasteiger partial charge in [0.2, 0.25) is 0 Å². The van der Waals surface area contributed by atoms with Crippen LogP contribution in [0.5, 0.6) is 0 Å². The second-order valence-corrected chi connectivity index (χ2v) is 5.58. The Balaban J connectivity index is 2.51. The van der Waals surface area contributed by atoms with E-state index in [1.807, 2.05) is 25.3 Å². The maximum atomic E-state index is 4.53. The van der Waals surface area contributed by atoms with E-state index in [2.05, 4.69) is 61.5 Å². The molecule has 0 unspecified atom stereocenters. The van der Waals surface area contributed by atoms with Gasteiger partial charge in [-0.2, -0.15) is 0 Å². The third kappa shape index (κ3) is 2.77. The number of hydrogen-bond donors (Lipinski definition) is 0. The molecule has 3 heteroatoms. The van der Waals surface area contributed by atoms with Crippen molar-refractivity contribution in [1.82, 2.24) is 9.47 Å². The van der Waals surface area contributed by atoms with Crippen LogP contribution < -0.4 is 0 Å². The van der Waals surface area contributed by atoms with Gasteiger partial charge in [-0.3, -0.25) is 0 Å². The van der Waals surface area contributed by atoms with Crippen molar-refractivity contribution in [2.24, 2.45) is 4.99 Å². The minimum Gasteiger partial charge on any atom is -0.369 e. The van der Waals surface area contributed by atoms with E-state index >= 15 is 0 Å². The predicted octanol–water partition coefficient (Wildman–Crippen LogP) is 3.93. The van der Waals surface area contributed by atoms with Gasteiger partial charge in [0, 0.05) is 31.2 Å². The zero-order valence-electron chi connectivity index (χ0n) is 13.2. The summed E-state index contributed by atoms with van der Waals surface area (Å²) in [6, 6.07) is 8.69. The van der Waals surface area contributed by atoms with Crippen molar-refractivity contribution < 1.29 is 0 Å². The Morgan fingerprint density at radius 3 is 2.10 bits per heavy atom. The van der Waals surface area contributed by atoms with Crippen molar-refractivity contribution in [2.75, 3.05) is 14.1 Å². The van der Waals surface area contributed by atoms with Gasteiger partial charge in [0.25, 0.3) is 0 Å². The zero-order valence-corrected chi connectivity index (χ0v) is 13.2. The molecule has 0 saturated heterocycles. The first kappa shape index (κ1) is 14.4. The van der Waals surface area contributed by atoms with Crippen LogP contribution in [0.3, 0.4) is 0 Å². The molecule has 2 rings (SSSR count). The molecule has 0 N–H and O–H groups in total. The fraction of sp³-hybridized carbons (Fsp3) is 0.353. The van der Waals surface area contributed by atoms with Crippen molar-refractivity contribution in [3.63, 3.8) is 0 Å². The molecular formula is C17H23N3. The number of nitrogens with zero attached hydrogens (tertiary/aromatic N) is 3. The van der Waals surface area contributed by atoms with E-state index in [1.165, 1.54) is 28.2 Å². The molecular weight excluding hydrogens is 246 g/mol. The lowest BCUT2D eigenvalue weighted by Gasteiger charge is -2.15. The van der Waals surface area contributed by atoms with Crippen molar-refractivity contribution in [3.8, 4) is 5.69 Å². The largest absolute Gasteiger partial charge is 0.369 e. The monoisotopic (exact) mass is 269 g/mol. The first-order valence-electron chi connectivity index (χ1n) is 6.87. The average Bonchev–Trinajstić information content (AvgIpc) is 2.70. The van der Waals surface area contributed by atoms with E-state index in [4.69, 9.17) is 0 Å². The van der Waals surface area contributed by atoms with Gasteiger partial charge in [-0.15, -0.1) is 0 Å². The molecule has 0 fully saturated rings. The van der Waals surface area contributed by atoms with Crippen LogP contribution in [-0.4, -0.2) is 29.9 Å². The van der Waals surface area contributed by atoms with E-state index in [0.717, 1.165) is 5.69 Å². The van der Waals surface area contributed by atoms with E-state index in [-0.39, 0.29) is 0 Å². The van der Waals surface area contributed by atoms with Crippen LogP contribution in [0.1, 0.15) is 22.5 Å². The standard InChI is InChI=1S/C17H23N3/c1-12-10-17(20-14(3)7-8-15(20)4)13(2)9-16(12)18-11-19(5)6/h7-11H,1-6H3. The lowest BCUT2D eigenvalue weighted by molar-refractivity contribution is 0.643. The summed E-state index contributed by atoms with van der Waals surface area (Å²) in [5.74, 6) is 0. The molecule has 0 saturated carbocycles. The summed E-state index contributed by atoms with van der Waals surface area (Å²) in [7, 11) is 3.96. The summed E-state index contributed by atoms with van der Waals surface area (Å²) in [6.07, 6.45) is 1.84. The minimum absolute atomic E-state index is 1.03.